The van der Waals surface area contributed by atoms with Gasteiger partial charge >= 0.3 is 11.9 Å². The molecule has 7 heteroatoms. The Morgan fingerprint density at radius 1 is 1.23 bits per heavy atom. The topological polar surface area (TPSA) is 65.1 Å². The Morgan fingerprint density at radius 2 is 1.91 bits per heavy atom. The van der Waals surface area contributed by atoms with Gasteiger partial charge in [0.15, 0.2) is 5.03 Å². The first-order valence-electron chi connectivity index (χ1n) is 6.86. The minimum Gasteiger partial charge on any atom is -0.415 e. The highest BCUT2D eigenvalue weighted by Gasteiger charge is 2.39. The van der Waals surface area contributed by atoms with Crippen LogP contribution < -0.4 is 0 Å². The molecule has 0 bridgehead atoms. The maximum Gasteiger partial charge on any atom is 0.355 e. The first-order valence-corrected chi connectivity index (χ1v) is 7.24. The lowest BCUT2D eigenvalue weighted by molar-refractivity contribution is -0.154. The largest absolute Gasteiger partial charge is 0.415 e. The first-order chi connectivity index (χ1) is 10.7. The third-order valence-corrected chi connectivity index (χ3v) is 3.76. The van der Waals surface area contributed by atoms with Crippen LogP contribution in [0.4, 0.5) is 0 Å². The molecule has 116 valence electrons. The molecule has 0 spiro atoms. The van der Waals surface area contributed by atoms with E-state index in [2.05, 4.69) is 0 Å². The number of halogens is 1. The molecule has 1 aromatic carbocycles. The van der Waals surface area contributed by atoms with E-state index in [1.54, 1.807) is 30.3 Å². The normalized spacial score (nSPS) is 21.8. The predicted octanol–water partition coefficient (Wildman–Crippen LogP) is 1.51. The van der Waals surface area contributed by atoms with Crippen molar-refractivity contribution in [2.75, 3.05) is 26.3 Å². The molecule has 1 fully saturated rings. The summed E-state index contributed by atoms with van der Waals surface area (Å²) in [5.41, 5.74) is 0.766. The predicted molar refractivity (Wildman–Crippen MR) is 77.0 cm³/mol. The monoisotopic (exact) mass is 323 g/mol. The van der Waals surface area contributed by atoms with Crippen molar-refractivity contribution >= 4 is 23.5 Å². The lowest BCUT2D eigenvalue weighted by atomic mass is 10.2. The van der Waals surface area contributed by atoms with E-state index in [1.807, 2.05) is 4.90 Å². The summed E-state index contributed by atoms with van der Waals surface area (Å²) in [7, 11) is 0. The van der Waals surface area contributed by atoms with Crippen LogP contribution >= 0.6 is 11.6 Å². The highest BCUT2D eigenvalue weighted by Crippen LogP contribution is 2.30. The average molecular weight is 324 g/mol. The van der Waals surface area contributed by atoms with E-state index in [4.69, 9.17) is 25.8 Å². The molecule has 3 rings (SSSR count). The summed E-state index contributed by atoms with van der Waals surface area (Å²) in [6.45, 7) is 2.14. The molecule has 0 aromatic heterocycles. The van der Waals surface area contributed by atoms with Gasteiger partial charge in [0.25, 0.3) is 6.29 Å². The second kappa shape index (κ2) is 6.37. The Bertz CT molecular complexity index is 610. The zero-order valence-corrected chi connectivity index (χ0v) is 12.4. The molecule has 1 atom stereocenters. The first kappa shape index (κ1) is 14.9. The van der Waals surface area contributed by atoms with Crippen molar-refractivity contribution in [1.29, 1.82) is 0 Å². The molecule has 0 N–H and O–H groups in total. The maximum atomic E-state index is 12.1. The molecule has 0 saturated carbocycles. The van der Waals surface area contributed by atoms with Crippen molar-refractivity contribution in [2.24, 2.45) is 0 Å². The summed E-state index contributed by atoms with van der Waals surface area (Å²) in [4.78, 5) is 25.7. The summed E-state index contributed by atoms with van der Waals surface area (Å²) >= 11 is 6.02. The number of esters is 2. The molecule has 0 radical (unpaired) electrons. The standard InChI is InChI=1S/C15H14ClNO5/c16-11-12(17-6-8-20-9-7-17)15(22-14(11)19)21-13(18)10-4-2-1-3-5-10/h1-5,15H,6-9H2. The summed E-state index contributed by atoms with van der Waals surface area (Å²) in [5.74, 6) is -1.26. The van der Waals surface area contributed by atoms with E-state index < -0.39 is 18.2 Å². The van der Waals surface area contributed by atoms with Crippen LogP contribution in [0.2, 0.25) is 0 Å². The number of hydrogen-bond acceptors (Lipinski definition) is 6. The Labute approximate surface area is 132 Å². The highest BCUT2D eigenvalue weighted by molar-refractivity contribution is 6.42. The van der Waals surface area contributed by atoms with Crippen molar-refractivity contribution < 1.29 is 23.8 Å². The van der Waals surface area contributed by atoms with Gasteiger partial charge in [-0.2, -0.15) is 0 Å². The number of rotatable bonds is 3. The number of carbonyl (C=O) groups excluding carboxylic acids is 2. The van der Waals surface area contributed by atoms with Gasteiger partial charge in [-0.1, -0.05) is 29.8 Å². The Balaban J connectivity index is 1.77. The van der Waals surface area contributed by atoms with Gasteiger partial charge in [0.2, 0.25) is 0 Å². The highest BCUT2D eigenvalue weighted by atomic mass is 35.5. The van der Waals surface area contributed by atoms with Crippen molar-refractivity contribution in [2.45, 2.75) is 6.29 Å². The summed E-state index contributed by atoms with van der Waals surface area (Å²) < 4.78 is 15.6. The van der Waals surface area contributed by atoms with Gasteiger partial charge in [0, 0.05) is 13.1 Å². The molecule has 2 aliphatic rings. The van der Waals surface area contributed by atoms with Crippen LogP contribution in [0.3, 0.4) is 0 Å². The quantitative estimate of drug-likeness (QED) is 0.786. The molecule has 1 unspecified atom stereocenters. The smallest absolute Gasteiger partial charge is 0.355 e. The van der Waals surface area contributed by atoms with Crippen LogP contribution in [0.25, 0.3) is 0 Å². The second-order valence-corrected chi connectivity index (χ2v) is 5.19. The molecular weight excluding hydrogens is 310 g/mol. The fourth-order valence-corrected chi connectivity index (χ4v) is 2.58. The zero-order valence-electron chi connectivity index (χ0n) is 11.7. The molecule has 1 saturated heterocycles. The Kier molecular flexibility index (Phi) is 4.31. The Hall–Kier alpha value is -2.05. The molecule has 2 aliphatic heterocycles. The number of cyclic esters (lactones) is 1. The lowest BCUT2D eigenvalue weighted by Gasteiger charge is -2.31. The van der Waals surface area contributed by atoms with Crippen molar-refractivity contribution in [3.05, 3.63) is 46.6 Å². The summed E-state index contributed by atoms with van der Waals surface area (Å²) in [6, 6.07) is 8.49. The van der Waals surface area contributed by atoms with Crippen LogP contribution in [0.1, 0.15) is 10.4 Å². The molecule has 0 amide bonds. The van der Waals surface area contributed by atoms with E-state index in [1.165, 1.54) is 0 Å². The fraction of sp³-hybridized carbons (Fsp3) is 0.333. The van der Waals surface area contributed by atoms with Gasteiger partial charge in [-0.3, -0.25) is 0 Å². The van der Waals surface area contributed by atoms with Crippen LogP contribution in [-0.2, 0) is 19.0 Å². The molecule has 2 heterocycles. The van der Waals surface area contributed by atoms with Crippen LogP contribution in [0.5, 0.6) is 0 Å². The van der Waals surface area contributed by atoms with Crippen LogP contribution in [0, 0.1) is 0 Å². The van der Waals surface area contributed by atoms with Gasteiger partial charge < -0.3 is 19.1 Å². The number of morpholine rings is 1. The van der Waals surface area contributed by atoms with Gasteiger partial charge in [-0.25, -0.2) is 9.59 Å². The van der Waals surface area contributed by atoms with E-state index >= 15 is 0 Å². The van der Waals surface area contributed by atoms with Gasteiger partial charge in [-0.15, -0.1) is 0 Å². The van der Waals surface area contributed by atoms with Crippen LogP contribution in [-0.4, -0.2) is 49.4 Å². The minimum absolute atomic E-state index is 0.0484. The lowest BCUT2D eigenvalue weighted by Crippen LogP contribution is -2.39. The summed E-state index contributed by atoms with van der Waals surface area (Å²) in [6.07, 6.45) is -1.12. The van der Waals surface area contributed by atoms with Gasteiger partial charge in [0.1, 0.15) is 5.70 Å². The van der Waals surface area contributed by atoms with E-state index in [0.29, 0.717) is 37.6 Å². The van der Waals surface area contributed by atoms with E-state index in [-0.39, 0.29) is 5.03 Å². The van der Waals surface area contributed by atoms with E-state index in [0.717, 1.165) is 0 Å². The molecule has 22 heavy (non-hydrogen) atoms. The molecule has 1 aromatic rings. The maximum absolute atomic E-state index is 12.1. The van der Waals surface area contributed by atoms with E-state index in [9.17, 15) is 9.59 Å². The van der Waals surface area contributed by atoms with Crippen molar-refractivity contribution in [3.8, 4) is 0 Å². The van der Waals surface area contributed by atoms with Gasteiger partial charge in [0.05, 0.1) is 18.8 Å². The Morgan fingerprint density at radius 3 is 2.59 bits per heavy atom. The number of hydrogen-bond donors (Lipinski definition) is 0. The fourth-order valence-electron chi connectivity index (χ4n) is 2.32. The van der Waals surface area contributed by atoms with Crippen LogP contribution in [0.15, 0.2) is 41.1 Å². The number of carbonyl (C=O) groups is 2. The molecular formula is C15H14ClNO5. The van der Waals surface area contributed by atoms with Crippen molar-refractivity contribution in [3.63, 3.8) is 0 Å². The second-order valence-electron chi connectivity index (χ2n) is 4.81. The summed E-state index contributed by atoms with van der Waals surface area (Å²) in [5, 5.41) is -0.0484. The third-order valence-electron chi connectivity index (χ3n) is 3.42. The van der Waals surface area contributed by atoms with Gasteiger partial charge in [-0.05, 0) is 12.1 Å². The third kappa shape index (κ3) is 2.93. The number of ether oxygens (including phenoxy) is 3. The van der Waals surface area contributed by atoms with Crippen molar-refractivity contribution in [1.82, 2.24) is 4.90 Å². The zero-order chi connectivity index (χ0) is 15.5. The molecule has 6 nitrogen and oxygen atoms in total. The average Bonchev–Trinajstić information content (AvgIpc) is 2.83. The SMILES string of the molecule is O=C1OC(OC(=O)c2ccccc2)C(N2CCOCC2)=C1Cl. The number of benzene rings is 1. The number of nitrogens with zero attached hydrogens (tertiary/aromatic N) is 1. The minimum atomic E-state index is -1.12. The molecule has 0 aliphatic carbocycles.